The SMILES string of the molecule is CC(=O)c1c(C)[nH]c(C(=O)COc2ccccc2C(=O)N2CCOCC2)c1C. The van der Waals surface area contributed by atoms with Crippen LogP contribution in [0.5, 0.6) is 5.75 Å². The molecular formula is C21H24N2O5. The molecule has 28 heavy (non-hydrogen) atoms. The molecule has 0 bridgehead atoms. The van der Waals surface area contributed by atoms with Gasteiger partial charge in [0.1, 0.15) is 5.75 Å². The molecule has 0 spiro atoms. The van der Waals surface area contributed by atoms with E-state index in [0.717, 1.165) is 0 Å². The van der Waals surface area contributed by atoms with Gasteiger partial charge in [0.25, 0.3) is 5.91 Å². The maximum absolute atomic E-state index is 12.8. The van der Waals surface area contributed by atoms with Crippen molar-refractivity contribution in [1.29, 1.82) is 0 Å². The fraction of sp³-hybridized carbons (Fsp3) is 0.381. The van der Waals surface area contributed by atoms with Gasteiger partial charge in [0.15, 0.2) is 12.4 Å². The minimum absolute atomic E-state index is 0.0901. The molecule has 1 saturated heterocycles. The number of ether oxygens (including phenoxy) is 2. The largest absolute Gasteiger partial charge is 0.485 e. The number of para-hydroxylation sites is 1. The first-order valence-electron chi connectivity index (χ1n) is 9.22. The molecule has 0 saturated carbocycles. The number of aromatic nitrogens is 1. The van der Waals surface area contributed by atoms with Gasteiger partial charge in [0, 0.05) is 24.3 Å². The van der Waals surface area contributed by atoms with Crippen LogP contribution in [0.4, 0.5) is 0 Å². The molecule has 7 heteroatoms. The maximum atomic E-state index is 12.8. The van der Waals surface area contributed by atoms with E-state index in [1.165, 1.54) is 6.92 Å². The molecule has 1 fully saturated rings. The zero-order valence-electron chi connectivity index (χ0n) is 16.3. The van der Waals surface area contributed by atoms with Crippen molar-refractivity contribution in [3.8, 4) is 5.75 Å². The van der Waals surface area contributed by atoms with Gasteiger partial charge in [0.05, 0.1) is 24.5 Å². The number of aromatic amines is 1. The average molecular weight is 384 g/mol. The van der Waals surface area contributed by atoms with Crippen molar-refractivity contribution in [3.05, 3.63) is 52.3 Å². The number of H-pyrrole nitrogens is 1. The van der Waals surface area contributed by atoms with Crippen LogP contribution in [0.1, 0.15) is 49.4 Å². The number of nitrogens with one attached hydrogen (secondary N) is 1. The molecule has 0 aliphatic carbocycles. The number of nitrogens with zero attached hydrogens (tertiary/aromatic N) is 1. The van der Waals surface area contributed by atoms with Crippen LogP contribution in [0.3, 0.4) is 0 Å². The first-order valence-corrected chi connectivity index (χ1v) is 9.22. The van der Waals surface area contributed by atoms with Crippen molar-refractivity contribution in [2.24, 2.45) is 0 Å². The molecule has 2 aromatic rings. The molecule has 1 aliphatic rings. The lowest BCUT2D eigenvalue weighted by Gasteiger charge is -2.27. The van der Waals surface area contributed by atoms with Crippen LogP contribution in [0.15, 0.2) is 24.3 Å². The normalized spacial score (nSPS) is 14.0. The summed E-state index contributed by atoms with van der Waals surface area (Å²) < 4.78 is 11.0. The highest BCUT2D eigenvalue weighted by Gasteiger charge is 2.23. The standard InChI is InChI=1S/C21H24N2O5/c1-13-19(15(3)24)14(2)22-20(13)17(25)12-28-18-7-5-4-6-16(18)21(26)23-8-10-27-11-9-23/h4-7,22H,8-12H2,1-3H3. The van der Waals surface area contributed by atoms with Gasteiger partial charge < -0.3 is 19.4 Å². The predicted molar refractivity (Wildman–Crippen MR) is 103 cm³/mol. The second-order valence-electron chi connectivity index (χ2n) is 6.79. The minimum Gasteiger partial charge on any atom is -0.485 e. The zero-order chi connectivity index (χ0) is 20.3. The number of amides is 1. The highest BCUT2D eigenvalue weighted by atomic mass is 16.5. The summed E-state index contributed by atoms with van der Waals surface area (Å²) in [7, 11) is 0. The van der Waals surface area contributed by atoms with Crippen molar-refractivity contribution in [3.63, 3.8) is 0 Å². The highest BCUT2D eigenvalue weighted by molar-refractivity contribution is 6.04. The van der Waals surface area contributed by atoms with Crippen molar-refractivity contribution in [2.45, 2.75) is 20.8 Å². The Bertz CT molecular complexity index is 910. The van der Waals surface area contributed by atoms with Gasteiger partial charge in [-0.25, -0.2) is 0 Å². The molecule has 1 amide bonds. The second-order valence-corrected chi connectivity index (χ2v) is 6.79. The number of rotatable bonds is 6. The summed E-state index contributed by atoms with van der Waals surface area (Å²) in [5, 5.41) is 0. The van der Waals surface area contributed by atoms with Gasteiger partial charge in [0.2, 0.25) is 5.78 Å². The Morgan fingerprint density at radius 1 is 1.14 bits per heavy atom. The first-order chi connectivity index (χ1) is 13.4. The van der Waals surface area contributed by atoms with Crippen LogP contribution < -0.4 is 4.74 Å². The Labute approximate surface area is 163 Å². The van der Waals surface area contributed by atoms with Crippen molar-refractivity contribution in [2.75, 3.05) is 32.9 Å². The predicted octanol–water partition coefficient (Wildman–Crippen LogP) is 2.57. The molecule has 1 aromatic heterocycles. The number of aryl methyl sites for hydroxylation is 1. The second kappa shape index (κ2) is 8.39. The zero-order valence-corrected chi connectivity index (χ0v) is 16.3. The number of ketones is 2. The van der Waals surface area contributed by atoms with Gasteiger partial charge in [-0.15, -0.1) is 0 Å². The quantitative estimate of drug-likeness (QED) is 0.774. The number of carbonyl (C=O) groups is 3. The Balaban J connectivity index is 1.75. The molecular weight excluding hydrogens is 360 g/mol. The van der Waals surface area contributed by atoms with Gasteiger partial charge >= 0.3 is 0 Å². The molecule has 148 valence electrons. The molecule has 0 atom stereocenters. The molecule has 1 aliphatic heterocycles. The number of hydrogen-bond donors (Lipinski definition) is 1. The third-order valence-corrected chi connectivity index (χ3v) is 4.84. The summed E-state index contributed by atoms with van der Waals surface area (Å²) >= 11 is 0. The van der Waals surface area contributed by atoms with Gasteiger partial charge in [-0.2, -0.15) is 0 Å². The highest BCUT2D eigenvalue weighted by Crippen LogP contribution is 2.22. The summed E-state index contributed by atoms with van der Waals surface area (Å²) in [5.41, 5.74) is 2.60. The molecule has 3 rings (SSSR count). The van der Waals surface area contributed by atoms with Gasteiger partial charge in [-0.3, -0.25) is 14.4 Å². The maximum Gasteiger partial charge on any atom is 0.257 e. The molecule has 1 N–H and O–H groups in total. The number of Topliss-reactive ketones (excluding diaryl/α,β-unsaturated/α-hetero) is 2. The molecule has 1 aromatic carbocycles. The van der Waals surface area contributed by atoms with E-state index in [4.69, 9.17) is 9.47 Å². The van der Waals surface area contributed by atoms with E-state index < -0.39 is 0 Å². The summed E-state index contributed by atoms with van der Waals surface area (Å²) in [5.74, 6) is -0.147. The molecule has 0 radical (unpaired) electrons. The van der Waals surface area contributed by atoms with Crippen molar-refractivity contribution >= 4 is 17.5 Å². The number of benzene rings is 1. The number of hydrogen-bond acceptors (Lipinski definition) is 5. The Morgan fingerprint density at radius 2 is 1.82 bits per heavy atom. The Hall–Kier alpha value is -2.93. The van der Waals surface area contributed by atoms with E-state index in [9.17, 15) is 14.4 Å². The average Bonchev–Trinajstić information content (AvgIpc) is 3.00. The number of morpholine rings is 1. The smallest absolute Gasteiger partial charge is 0.257 e. The van der Waals surface area contributed by atoms with E-state index in [1.807, 2.05) is 0 Å². The van der Waals surface area contributed by atoms with Gasteiger partial charge in [-0.1, -0.05) is 12.1 Å². The lowest BCUT2D eigenvalue weighted by atomic mass is 10.1. The van der Waals surface area contributed by atoms with E-state index in [1.54, 1.807) is 43.0 Å². The summed E-state index contributed by atoms with van der Waals surface area (Å²) in [6.45, 7) is 6.82. The molecule has 7 nitrogen and oxygen atoms in total. The van der Waals surface area contributed by atoms with Crippen LogP contribution in [0, 0.1) is 13.8 Å². The summed E-state index contributed by atoms with van der Waals surface area (Å²) in [4.78, 5) is 41.9. The third kappa shape index (κ3) is 3.99. The lowest BCUT2D eigenvalue weighted by Crippen LogP contribution is -2.40. The van der Waals surface area contributed by atoms with Crippen molar-refractivity contribution < 1.29 is 23.9 Å². The monoisotopic (exact) mass is 384 g/mol. The minimum atomic E-state index is -0.276. The van der Waals surface area contributed by atoms with Crippen LogP contribution in [0.25, 0.3) is 0 Å². The van der Waals surface area contributed by atoms with E-state index >= 15 is 0 Å². The van der Waals surface area contributed by atoms with Crippen LogP contribution >= 0.6 is 0 Å². The van der Waals surface area contributed by atoms with E-state index in [0.29, 0.717) is 60.1 Å². The van der Waals surface area contributed by atoms with Crippen LogP contribution in [-0.4, -0.2) is 60.3 Å². The van der Waals surface area contributed by atoms with Crippen LogP contribution in [0.2, 0.25) is 0 Å². The van der Waals surface area contributed by atoms with Crippen molar-refractivity contribution in [1.82, 2.24) is 9.88 Å². The third-order valence-electron chi connectivity index (χ3n) is 4.84. The number of carbonyl (C=O) groups excluding carboxylic acids is 3. The summed E-state index contributed by atoms with van der Waals surface area (Å²) in [6, 6.07) is 6.89. The topological polar surface area (TPSA) is 88.7 Å². The van der Waals surface area contributed by atoms with E-state index in [2.05, 4.69) is 4.98 Å². The fourth-order valence-electron chi connectivity index (χ4n) is 3.48. The molecule has 0 unspecified atom stereocenters. The fourth-order valence-corrected chi connectivity index (χ4v) is 3.48. The van der Waals surface area contributed by atoms with Crippen LogP contribution in [-0.2, 0) is 4.74 Å². The van der Waals surface area contributed by atoms with Gasteiger partial charge in [-0.05, 0) is 38.5 Å². The summed E-state index contributed by atoms with van der Waals surface area (Å²) in [6.07, 6.45) is 0. The van der Waals surface area contributed by atoms with E-state index in [-0.39, 0.29) is 24.1 Å². The Morgan fingerprint density at radius 3 is 2.46 bits per heavy atom. The lowest BCUT2D eigenvalue weighted by molar-refractivity contribution is 0.0300. The Kier molecular flexibility index (Phi) is 5.94. The first kappa shape index (κ1) is 19.8. The molecule has 2 heterocycles.